The second kappa shape index (κ2) is 14.0. The number of esters is 2. The molecule has 6 heteroatoms. The summed E-state index contributed by atoms with van der Waals surface area (Å²) in [5, 5.41) is 7.89. The fourth-order valence-corrected chi connectivity index (χ4v) is 0.429. The van der Waals surface area contributed by atoms with Gasteiger partial charge in [0.05, 0.1) is 13.7 Å². The van der Waals surface area contributed by atoms with E-state index in [-0.39, 0.29) is 17.5 Å². The standard InChI is InChI=1S/C6H10O2.C5H8O2.C4H6O2/c1-4-8-6(7)5(2)3;1-4(2)5(6)7-3;1-3(2)4(5)6/h2,4H2,1,3H3;1H2,2-3H3;1H2,2H3,(H,5,6). The molecule has 0 atom stereocenters. The van der Waals surface area contributed by atoms with E-state index in [4.69, 9.17) is 5.11 Å². The van der Waals surface area contributed by atoms with Crippen LogP contribution < -0.4 is 0 Å². The molecule has 120 valence electrons. The maximum atomic E-state index is 10.4. The van der Waals surface area contributed by atoms with Gasteiger partial charge in [0.15, 0.2) is 0 Å². The summed E-state index contributed by atoms with van der Waals surface area (Å²) >= 11 is 0. The number of carboxylic acid groups (broad SMARTS) is 1. The molecule has 0 aliphatic carbocycles. The van der Waals surface area contributed by atoms with Crippen molar-refractivity contribution in [2.45, 2.75) is 27.7 Å². The van der Waals surface area contributed by atoms with Crippen LogP contribution in [0.2, 0.25) is 0 Å². The van der Waals surface area contributed by atoms with Gasteiger partial charge >= 0.3 is 17.9 Å². The van der Waals surface area contributed by atoms with Gasteiger partial charge < -0.3 is 14.6 Å². The van der Waals surface area contributed by atoms with Gasteiger partial charge in [0.25, 0.3) is 0 Å². The predicted molar refractivity (Wildman–Crippen MR) is 80.7 cm³/mol. The van der Waals surface area contributed by atoms with Crippen LogP contribution in [0.1, 0.15) is 27.7 Å². The monoisotopic (exact) mass is 300 g/mol. The topological polar surface area (TPSA) is 89.9 Å². The SMILES string of the molecule is C=C(C)C(=O)O.C=C(C)C(=O)OC.C=C(C)C(=O)OCC. The lowest BCUT2D eigenvalue weighted by Crippen LogP contribution is -2.03. The molecular weight excluding hydrogens is 276 g/mol. The summed E-state index contributed by atoms with van der Waals surface area (Å²) in [4.78, 5) is 30.2. The Kier molecular flexibility index (Phi) is 15.9. The van der Waals surface area contributed by atoms with E-state index in [1.807, 2.05) is 0 Å². The molecular formula is C15H24O6. The lowest BCUT2D eigenvalue weighted by molar-refractivity contribution is -0.138. The Hall–Kier alpha value is -2.37. The van der Waals surface area contributed by atoms with Gasteiger partial charge in [0.1, 0.15) is 0 Å². The Bertz CT molecular complexity index is 394. The van der Waals surface area contributed by atoms with Crippen molar-refractivity contribution in [3.63, 3.8) is 0 Å². The predicted octanol–water partition coefficient (Wildman–Crippen LogP) is 2.51. The summed E-state index contributed by atoms with van der Waals surface area (Å²) in [6.07, 6.45) is 0. The van der Waals surface area contributed by atoms with Crippen molar-refractivity contribution in [3.05, 3.63) is 36.5 Å². The van der Waals surface area contributed by atoms with E-state index in [1.54, 1.807) is 20.8 Å². The third kappa shape index (κ3) is 20.1. The number of ether oxygens (including phenoxy) is 2. The van der Waals surface area contributed by atoms with E-state index in [0.717, 1.165) is 0 Å². The fourth-order valence-electron chi connectivity index (χ4n) is 0.429. The summed E-state index contributed by atoms with van der Waals surface area (Å²) in [6.45, 7) is 16.8. The van der Waals surface area contributed by atoms with Crippen LogP contribution >= 0.6 is 0 Å². The summed E-state index contributed by atoms with van der Waals surface area (Å²) in [5.74, 6) is -1.59. The highest BCUT2D eigenvalue weighted by molar-refractivity contribution is 5.87. The molecule has 0 heterocycles. The Morgan fingerprint density at radius 2 is 1.24 bits per heavy atom. The van der Waals surface area contributed by atoms with E-state index in [9.17, 15) is 14.4 Å². The van der Waals surface area contributed by atoms with Gasteiger partial charge in [0, 0.05) is 16.7 Å². The minimum Gasteiger partial charge on any atom is -0.478 e. The molecule has 0 unspecified atom stereocenters. The third-order valence-electron chi connectivity index (χ3n) is 1.52. The van der Waals surface area contributed by atoms with Gasteiger partial charge in [0.2, 0.25) is 0 Å². The first-order valence-corrected chi connectivity index (χ1v) is 5.96. The lowest BCUT2D eigenvalue weighted by Gasteiger charge is -1.96. The fraction of sp³-hybridized carbons (Fsp3) is 0.400. The molecule has 0 rings (SSSR count). The molecule has 0 aromatic rings. The zero-order valence-corrected chi connectivity index (χ0v) is 13.3. The molecule has 0 amide bonds. The first kappa shape index (κ1) is 23.7. The Labute approximate surface area is 125 Å². The highest BCUT2D eigenvalue weighted by Gasteiger charge is 1.98. The van der Waals surface area contributed by atoms with Crippen LogP contribution in [0.15, 0.2) is 36.5 Å². The van der Waals surface area contributed by atoms with Crippen LogP contribution in [-0.2, 0) is 23.9 Å². The van der Waals surface area contributed by atoms with E-state index in [0.29, 0.717) is 17.8 Å². The van der Waals surface area contributed by atoms with E-state index >= 15 is 0 Å². The van der Waals surface area contributed by atoms with Crippen LogP contribution in [0.4, 0.5) is 0 Å². The second-order valence-electron chi connectivity index (χ2n) is 3.86. The van der Waals surface area contributed by atoms with Crippen molar-refractivity contribution in [2.75, 3.05) is 13.7 Å². The Morgan fingerprint density at radius 1 is 0.905 bits per heavy atom. The minimum absolute atomic E-state index is 0.176. The molecule has 0 saturated heterocycles. The molecule has 0 radical (unpaired) electrons. The number of carbonyl (C=O) groups excluding carboxylic acids is 2. The molecule has 0 fully saturated rings. The summed E-state index contributed by atoms with van der Waals surface area (Å²) in [5.41, 5.74) is 1.06. The van der Waals surface area contributed by atoms with Crippen LogP contribution in [-0.4, -0.2) is 36.7 Å². The zero-order chi connectivity index (χ0) is 17.6. The molecule has 0 aromatic carbocycles. The Balaban J connectivity index is -0.000000234. The molecule has 0 aromatic heterocycles. The molecule has 0 saturated carbocycles. The first-order valence-electron chi connectivity index (χ1n) is 5.96. The molecule has 0 bridgehead atoms. The van der Waals surface area contributed by atoms with Crippen LogP contribution in [0, 0.1) is 0 Å². The maximum Gasteiger partial charge on any atom is 0.333 e. The van der Waals surface area contributed by atoms with Gasteiger partial charge in [-0.1, -0.05) is 19.7 Å². The third-order valence-corrected chi connectivity index (χ3v) is 1.52. The van der Waals surface area contributed by atoms with Crippen molar-refractivity contribution in [1.82, 2.24) is 0 Å². The quantitative estimate of drug-likeness (QED) is 0.633. The first-order chi connectivity index (χ1) is 9.50. The van der Waals surface area contributed by atoms with Crippen LogP contribution in [0.3, 0.4) is 0 Å². The molecule has 0 aliphatic rings. The highest BCUT2D eigenvalue weighted by atomic mass is 16.5. The molecule has 6 nitrogen and oxygen atoms in total. The summed E-state index contributed by atoms with van der Waals surface area (Å²) < 4.78 is 8.84. The number of hydrogen-bond donors (Lipinski definition) is 1. The second-order valence-corrected chi connectivity index (χ2v) is 3.86. The van der Waals surface area contributed by atoms with Crippen molar-refractivity contribution >= 4 is 17.9 Å². The van der Waals surface area contributed by atoms with Gasteiger partial charge in [-0.05, 0) is 27.7 Å². The highest BCUT2D eigenvalue weighted by Crippen LogP contribution is 1.89. The maximum absolute atomic E-state index is 10.4. The van der Waals surface area contributed by atoms with Crippen molar-refractivity contribution in [1.29, 1.82) is 0 Å². The Morgan fingerprint density at radius 3 is 1.29 bits per heavy atom. The smallest absolute Gasteiger partial charge is 0.333 e. The molecule has 21 heavy (non-hydrogen) atoms. The molecule has 1 N–H and O–H groups in total. The minimum atomic E-state index is -0.935. The van der Waals surface area contributed by atoms with Gasteiger partial charge in [-0.3, -0.25) is 0 Å². The number of rotatable bonds is 4. The molecule has 0 aliphatic heterocycles. The van der Waals surface area contributed by atoms with E-state index in [2.05, 4.69) is 29.2 Å². The van der Waals surface area contributed by atoms with Crippen molar-refractivity contribution in [2.24, 2.45) is 0 Å². The average molecular weight is 300 g/mol. The van der Waals surface area contributed by atoms with E-state index in [1.165, 1.54) is 14.0 Å². The summed E-state index contributed by atoms with van der Waals surface area (Å²) in [7, 11) is 1.33. The van der Waals surface area contributed by atoms with Crippen LogP contribution in [0.5, 0.6) is 0 Å². The average Bonchev–Trinajstić information content (AvgIpc) is 2.39. The number of methoxy groups -OCH3 is 1. The van der Waals surface area contributed by atoms with Crippen molar-refractivity contribution in [3.8, 4) is 0 Å². The van der Waals surface area contributed by atoms with Crippen molar-refractivity contribution < 1.29 is 29.0 Å². The normalized spacial score (nSPS) is 7.86. The number of carboxylic acids is 1. The molecule has 0 spiro atoms. The summed E-state index contributed by atoms with van der Waals surface area (Å²) in [6, 6.07) is 0. The van der Waals surface area contributed by atoms with Gasteiger partial charge in [-0.15, -0.1) is 0 Å². The van der Waals surface area contributed by atoms with E-state index < -0.39 is 5.97 Å². The largest absolute Gasteiger partial charge is 0.478 e. The zero-order valence-electron chi connectivity index (χ0n) is 13.3. The number of hydrogen-bond acceptors (Lipinski definition) is 5. The lowest BCUT2D eigenvalue weighted by atomic mass is 10.4. The van der Waals surface area contributed by atoms with Crippen LogP contribution in [0.25, 0.3) is 0 Å². The number of aliphatic carboxylic acids is 1. The van der Waals surface area contributed by atoms with Gasteiger partial charge in [-0.25, -0.2) is 14.4 Å². The number of carbonyl (C=O) groups is 3. The van der Waals surface area contributed by atoms with Gasteiger partial charge in [-0.2, -0.15) is 0 Å².